The van der Waals surface area contributed by atoms with Crippen molar-refractivity contribution in [3.63, 3.8) is 0 Å². The molecule has 0 saturated heterocycles. The summed E-state index contributed by atoms with van der Waals surface area (Å²) in [6.45, 7) is 3.99. The van der Waals surface area contributed by atoms with Gasteiger partial charge in [-0.05, 0) is 30.7 Å². The van der Waals surface area contributed by atoms with E-state index in [0.29, 0.717) is 18.0 Å². The lowest BCUT2D eigenvalue weighted by Crippen LogP contribution is -2.16. The monoisotopic (exact) mass is 333 g/mol. The van der Waals surface area contributed by atoms with E-state index in [0.717, 1.165) is 41.8 Å². The highest BCUT2D eigenvalue weighted by molar-refractivity contribution is 7.92. The minimum absolute atomic E-state index is 0.495. The van der Waals surface area contributed by atoms with Crippen molar-refractivity contribution in [2.24, 2.45) is 0 Å². The summed E-state index contributed by atoms with van der Waals surface area (Å²) in [6.07, 6.45) is 2.88. The zero-order chi connectivity index (χ0) is 16.4. The van der Waals surface area contributed by atoms with Crippen LogP contribution in [0.25, 0.3) is 11.1 Å². The number of benzene rings is 1. The van der Waals surface area contributed by atoms with E-state index in [4.69, 9.17) is 4.74 Å². The van der Waals surface area contributed by atoms with Gasteiger partial charge in [-0.3, -0.25) is 9.71 Å². The van der Waals surface area contributed by atoms with E-state index in [2.05, 4.69) is 15.0 Å². The Morgan fingerprint density at radius 2 is 2.09 bits per heavy atom. The molecule has 0 atom stereocenters. The molecule has 1 aliphatic rings. The van der Waals surface area contributed by atoms with Crippen molar-refractivity contribution in [1.29, 1.82) is 0 Å². The summed E-state index contributed by atoms with van der Waals surface area (Å²) in [5.74, 6) is 0.883. The molecule has 0 radical (unpaired) electrons. The number of ether oxygens (including phenoxy) is 1. The van der Waals surface area contributed by atoms with Crippen molar-refractivity contribution in [2.75, 3.05) is 24.1 Å². The normalized spacial score (nSPS) is 14.5. The van der Waals surface area contributed by atoms with Crippen LogP contribution in [0, 0.1) is 6.92 Å². The number of sulfonamides is 1. The smallest absolute Gasteiger partial charge is 0.229 e. The van der Waals surface area contributed by atoms with Gasteiger partial charge >= 0.3 is 0 Å². The molecule has 0 fully saturated rings. The predicted molar refractivity (Wildman–Crippen MR) is 90.1 cm³/mol. The quantitative estimate of drug-likeness (QED) is 0.897. The van der Waals surface area contributed by atoms with Crippen LogP contribution in [0.2, 0.25) is 0 Å². The third-order valence-corrected chi connectivity index (χ3v) is 4.22. The van der Waals surface area contributed by atoms with Gasteiger partial charge in [0, 0.05) is 30.4 Å². The molecule has 0 bridgehead atoms. The summed E-state index contributed by atoms with van der Waals surface area (Å²) in [6, 6.07) is 7.75. The summed E-state index contributed by atoms with van der Waals surface area (Å²) >= 11 is 0. The standard InChI is InChI=1S/C16H19N3O3S/c1-11-15(19-23(2,20)21)8-13(10-18-11)12-3-4-16-14(7-12)9-17-5-6-22-16/h3-4,7-8,10,17,19H,5-6,9H2,1-2H3. The highest BCUT2D eigenvalue weighted by Crippen LogP contribution is 2.29. The van der Waals surface area contributed by atoms with Crippen LogP contribution >= 0.6 is 0 Å². The molecule has 23 heavy (non-hydrogen) atoms. The number of pyridine rings is 1. The van der Waals surface area contributed by atoms with Gasteiger partial charge in [0.1, 0.15) is 12.4 Å². The maximum Gasteiger partial charge on any atom is 0.229 e. The summed E-state index contributed by atoms with van der Waals surface area (Å²) < 4.78 is 31.1. The van der Waals surface area contributed by atoms with Gasteiger partial charge in [-0.15, -0.1) is 0 Å². The van der Waals surface area contributed by atoms with E-state index in [-0.39, 0.29) is 0 Å². The van der Waals surface area contributed by atoms with Gasteiger partial charge in [0.05, 0.1) is 17.6 Å². The molecule has 2 N–H and O–H groups in total. The Kier molecular flexibility index (Phi) is 4.23. The molecule has 122 valence electrons. The van der Waals surface area contributed by atoms with Crippen molar-refractivity contribution in [2.45, 2.75) is 13.5 Å². The van der Waals surface area contributed by atoms with E-state index < -0.39 is 10.0 Å². The topological polar surface area (TPSA) is 80.3 Å². The lowest BCUT2D eigenvalue weighted by Gasteiger charge is -2.12. The second kappa shape index (κ2) is 6.17. The molecular weight excluding hydrogens is 314 g/mol. The predicted octanol–water partition coefficient (Wildman–Crippen LogP) is 1.91. The molecule has 6 nitrogen and oxygen atoms in total. The van der Waals surface area contributed by atoms with Gasteiger partial charge in [-0.25, -0.2) is 8.42 Å². The highest BCUT2D eigenvalue weighted by atomic mass is 32.2. The third kappa shape index (κ3) is 3.80. The Hall–Kier alpha value is -2.12. The number of fused-ring (bicyclic) bond motifs is 1. The van der Waals surface area contributed by atoms with Gasteiger partial charge in [-0.2, -0.15) is 0 Å². The van der Waals surface area contributed by atoms with Crippen LogP contribution < -0.4 is 14.8 Å². The first-order valence-corrected chi connectivity index (χ1v) is 9.23. The van der Waals surface area contributed by atoms with E-state index in [9.17, 15) is 8.42 Å². The second-order valence-corrected chi connectivity index (χ2v) is 7.33. The molecule has 0 aliphatic carbocycles. The number of aryl methyl sites for hydroxylation is 1. The minimum Gasteiger partial charge on any atom is -0.492 e. The van der Waals surface area contributed by atoms with Crippen LogP contribution in [0.4, 0.5) is 5.69 Å². The van der Waals surface area contributed by atoms with E-state index >= 15 is 0 Å². The van der Waals surface area contributed by atoms with Crippen LogP contribution in [0.5, 0.6) is 5.75 Å². The maximum atomic E-state index is 11.5. The molecule has 3 rings (SSSR count). The van der Waals surface area contributed by atoms with Gasteiger partial charge < -0.3 is 10.1 Å². The van der Waals surface area contributed by atoms with Crippen LogP contribution in [0.15, 0.2) is 30.5 Å². The van der Waals surface area contributed by atoms with Crippen LogP contribution in [-0.2, 0) is 16.6 Å². The third-order valence-electron chi connectivity index (χ3n) is 3.63. The first kappa shape index (κ1) is 15.8. The van der Waals surface area contributed by atoms with Crippen LogP contribution in [-0.4, -0.2) is 32.8 Å². The summed E-state index contributed by atoms with van der Waals surface area (Å²) in [7, 11) is -3.34. The molecular formula is C16H19N3O3S. The highest BCUT2D eigenvalue weighted by Gasteiger charge is 2.12. The van der Waals surface area contributed by atoms with E-state index in [1.807, 2.05) is 18.2 Å². The van der Waals surface area contributed by atoms with Crippen molar-refractivity contribution in [3.8, 4) is 16.9 Å². The molecule has 1 aromatic carbocycles. The summed E-state index contributed by atoms with van der Waals surface area (Å²) in [4.78, 5) is 4.30. The van der Waals surface area contributed by atoms with Gasteiger partial charge in [0.25, 0.3) is 0 Å². The summed E-state index contributed by atoms with van der Waals surface area (Å²) in [5, 5.41) is 3.30. The Morgan fingerprint density at radius 3 is 2.87 bits per heavy atom. The largest absolute Gasteiger partial charge is 0.492 e. The lowest BCUT2D eigenvalue weighted by atomic mass is 10.0. The second-order valence-electron chi connectivity index (χ2n) is 5.58. The molecule has 0 saturated carbocycles. The minimum atomic E-state index is -3.34. The van der Waals surface area contributed by atoms with Crippen molar-refractivity contribution in [3.05, 3.63) is 41.7 Å². The fourth-order valence-electron chi connectivity index (χ4n) is 2.49. The number of hydrogen-bond acceptors (Lipinski definition) is 5. The molecule has 1 aliphatic heterocycles. The molecule has 0 amide bonds. The Labute approximate surface area is 136 Å². The van der Waals surface area contributed by atoms with Gasteiger partial charge in [-0.1, -0.05) is 6.07 Å². The molecule has 0 spiro atoms. The number of nitrogens with one attached hydrogen (secondary N) is 2. The molecule has 7 heteroatoms. The maximum absolute atomic E-state index is 11.5. The SMILES string of the molecule is Cc1ncc(-c2ccc3c(c2)CNCCO3)cc1NS(C)(=O)=O. The van der Waals surface area contributed by atoms with Crippen molar-refractivity contribution >= 4 is 15.7 Å². The Bertz CT molecular complexity index is 834. The zero-order valence-electron chi connectivity index (χ0n) is 13.1. The number of hydrogen-bond donors (Lipinski definition) is 2. The van der Waals surface area contributed by atoms with Crippen LogP contribution in [0.1, 0.15) is 11.3 Å². The van der Waals surface area contributed by atoms with E-state index in [1.54, 1.807) is 19.2 Å². The lowest BCUT2D eigenvalue weighted by molar-refractivity contribution is 0.326. The molecule has 0 unspecified atom stereocenters. The average Bonchev–Trinajstić information content (AvgIpc) is 2.72. The van der Waals surface area contributed by atoms with Crippen molar-refractivity contribution < 1.29 is 13.2 Å². The van der Waals surface area contributed by atoms with Crippen LogP contribution in [0.3, 0.4) is 0 Å². The number of aromatic nitrogens is 1. The summed E-state index contributed by atoms with van der Waals surface area (Å²) in [5.41, 5.74) is 4.04. The average molecular weight is 333 g/mol. The van der Waals surface area contributed by atoms with Crippen molar-refractivity contribution in [1.82, 2.24) is 10.3 Å². The number of rotatable bonds is 3. The Balaban J connectivity index is 1.98. The first-order chi connectivity index (χ1) is 10.9. The number of nitrogens with zero attached hydrogens (tertiary/aromatic N) is 1. The molecule has 2 heterocycles. The Morgan fingerprint density at radius 1 is 1.26 bits per heavy atom. The fourth-order valence-corrected chi connectivity index (χ4v) is 3.09. The molecule has 1 aromatic heterocycles. The molecule has 2 aromatic rings. The fraction of sp³-hybridized carbons (Fsp3) is 0.312. The first-order valence-electron chi connectivity index (χ1n) is 7.34. The van der Waals surface area contributed by atoms with Gasteiger partial charge in [0.15, 0.2) is 0 Å². The van der Waals surface area contributed by atoms with E-state index in [1.165, 1.54) is 0 Å². The number of anilines is 1. The van der Waals surface area contributed by atoms with Gasteiger partial charge in [0.2, 0.25) is 10.0 Å². The zero-order valence-corrected chi connectivity index (χ0v) is 13.9.